The van der Waals surface area contributed by atoms with Crippen molar-refractivity contribution in [1.29, 1.82) is 0 Å². The second-order valence-electron chi connectivity index (χ2n) is 4.50. The number of fused-ring (bicyclic) bond motifs is 1. The highest BCUT2D eigenvalue weighted by Crippen LogP contribution is 2.17. The van der Waals surface area contributed by atoms with Gasteiger partial charge in [-0.15, -0.1) is 0 Å². The first kappa shape index (κ1) is 13.1. The summed E-state index contributed by atoms with van der Waals surface area (Å²) in [6.45, 7) is 0. The number of para-hydroxylation sites is 1. The Morgan fingerprint density at radius 1 is 0.714 bits per heavy atom. The maximum Gasteiger partial charge on any atom is 0.159 e. The van der Waals surface area contributed by atoms with E-state index in [9.17, 15) is 0 Å². The molecule has 0 aliphatic carbocycles. The predicted molar refractivity (Wildman–Crippen MR) is 85.8 cm³/mol. The number of rotatable bonds is 1. The third-order valence-electron chi connectivity index (χ3n) is 3.02. The van der Waals surface area contributed by atoms with Crippen molar-refractivity contribution in [2.24, 2.45) is 0 Å². The number of aromatic amines is 1. The fourth-order valence-electron chi connectivity index (χ4n) is 1.98. The van der Waals surface area contributed by atoms with E-state index in [0.29, 0.717) is 0 Å². The van der Waals surface area contributed by atoms with Gasteiger partial charge < -0.3 is 4.98 Å². The minimum absolute atomic E-state index is 0.777. The minimum Gasteiger partial charge on any atom is -0.368 e. The first-order valence-electron chi connectivity index (χ1n) is 6.78. The fourth-order valence-corrected chi connectivity index (χ4v) is 1.98. The molecule has 1 N–H and O–H groups in total. The summed E-state index contributed by atoms with van der Waals surface area (Å²) in [5.74, 6) is 0.777. The lowest BCUT2D eigenvalue weighted by atomic mass is 10.2. The molecule has 2 aromatic carbocycles. The number of hydrogen-bond donors (Lipinski definition) is 1. The molecule has 0 radical (unpaired) electrons. The van der Waals surface area contributed by atoms with E-state index in [-0.39, 0.29) is 0 Å². The maximum absolute atomic E-state index is 4.53. The van der Waals surface area contributed by atoms with Crippen LogP contribution in [0.5, 0.6) is 0 Å². The molecule has 21 heavy (non-hydrogen) atoms. The maximum atomic E-state index is 4.53. The van der Waals surface area contributed by atoms with Gasteiger partial charge >= 0.3 is 0 Å². The van der Waals surface area contributed by atoms with Crippen molar-refractivity contribution in [3.05, 3.63) is 85.3 Å². The van der Waals surface area contributed by atoms with Crippen LogP contribution < -0.4 is 0 Å². The summed E-state index contributed by atoms with van der Waals surface area (Å²) in [5, 5.41) is 1.07. The number of hydrogen-bond acceptors (Lipinski definition) is 2. The molecule has 0 saturated heterocycles. The van der Waals surface area contributed by atoms with Gasteiger partial charge in [-0.3, -0.25) is 0 Å². The molecule has 0 aliphatic heterocycles. The predicted octanol–water partition coefficient (Wildman–Crippen LogP) is 4.31. The zero-order valence-corrected chi connectivity index (χ0v) is 11.5. The van der Waals surface area contributed by atoms with Crippen molar-refractivity contribution in [2.75, 3.05) is 0 Å². The largest absolute Gasteiger partial charge is 0.368 e. The molecule has 102 valence electrons. The molecule has 0 saturated carbocycles. The van der Waals surface area contributed by atoms with Crippen molar-refractivity contribution >= 4 is 10.9 Å². The highest BCUT2D eigenvalue weighted by molar-refractivity contribution is 5.79. The average Bonchev–Trinajstić information content (AvgIpc) is 3.15. The highest BCUT2D eigenvalue weighted by atomic mass is 14.9. The molecular formula is C18H15N3. The van der Waals surface area contributed by atoms with Crippen LogP contribution in [0.4, 0.5) is 0 Å². The van der Waals surface area contributed by atoms with Crippen LogP contribution >= 0.6 is 0 Å². The van der Waals surface area contributed by atoms with Crippen molar-refractivity contribution in [3.63, 3.8) is 0 Å². The van der Waals surface area contributed by atoms with E-state index in [2.05, 4.69) is 15.0 Å². The highest BCUT2D eigenvalue weighted by Gasteiger charge is 2.01. The van der Waals surface area contributed by atoms with Gasteiger partial charge in [0.05, 0.1) is 5.52 Å². The molecule has 3 heteroatoms. The van der Waals surface area contributed by atoms with Crippen molar-refractivity contribution < 1.29 is 0 Å². The van der Waals surface area contributed by atoms with Crippen molar-refractivity contribution in [1.82, 2.24) is 15.0 Å². The van der Waals surface area contributed by atoms with Crippen LogP contribution in [0.3, 0.4) is 0 Å². The first-order chi connectivity index (χ1) is 10.4. The van der Waals surface area contributed by atoms with Crippen LogP contribution in [0.1, 0.15) is 0 Å². The monoisotopic (exact) mass is 273 g/mol. The molecule has 0 amide bonds. The van der Waals surface area contributed by atoms with Crippen LogP contribution in [0.15, 0.2) is 85.3 Å². The molecule has 0 fully saturated rings. The fraction of sp³-hybridized carbons (Fsp3) is 0. The van der Waals surface area contributed by atoms with Crippen molar-refractivity contribution in [3.8, 4) is 11.4 Å². The summed E-state index contributed by atoms with van der Waals surface area (Å²) in [6, 6.07) is 21.9. The zero-order valence-electron chi connectivity index (χ0n) is 11.5. The molecule has 0 aliphatic rings. The molecule has 2 aromatic heterocycles. The van der Waals surface area contributed by atoms with Gasteiger partial charge in [0.25, 0.3) is 0 Å². The standard InChI is InChI=1S/C14H10N2.C4H5N/c1-2-6-11(7-3-1)14-15-10-12-8-4-5-9-13(12)16-14;1-2-4-5-3-1/h1-10H;1-5H. The lowest BCUT2D eigenvalue weighted by Crippen LogP contribution is -1.88. The quantitative estimate of drug-likeness (QED) is 0.561. The Balaban J connectivity index is 0.000000225. The Morgan fingerprint density at radius 2 is 1.43 bits per heavy atom. The summed E-state index contributed by atoms with van der Waals surface area (Å²) < 4.78 is 0. The second-order valence-corrected chi connectivity index (χ2v) is 4.50. The Bertz CT molecular complexity index is 776. The summed E-state index contributed by atoms with van der Waals surface area (Å²) >= 11 is 0. The van der Waals surface area contributed by atoms with Gasteiger partial charge in [-0.1, -0.05) is 48.5 Å². The van der Waals surface area contributed by atoms with Crippen LogP contribution in [-0.4, -0.2) is 15.0 Å². The van der Waals surface area contributed by atoms with E-state index >= 15 is 0 Å². The molecule has 0 unspecified atom stereocenters. The van der Waals surface area contributed by atoms with E-state index in [1.54, 1.807) is 0 Å². The van der Waals surface area contributed by atoms with Gasteiger partial charge in [0.15, 0.2) is 5.82 Å². The Hall–Kier alpha value is -2.94. The number of nitrogens with one attached hydrogen (secondary N) is 1. The zero-order chi connectivity index (χ0) is 14.3. The Kier molecular flexibility index (Phi) is 4.03. The molecule has 0 bridgehead atoms. The average molecular weight is 273 g/mol. The summed E-state index contributed by atoms with van der Waals surface area (Å²) in [7, 11) is 0. The lowest BCUT2D eigenvalue weighted by Gasteiger charge is -2.01. The number of benzene rings is 2. The summed E-state index contributed by atoms with van der Waals surface area (Å²) in [5.41, 5.74) is 2.03. The lowest BCUT2D eigenvalue weighted by molar-refractivity contribution is 1.23. The van der Waals surface area contributed by atoms with Crippen LogP contribution in [0, 0.1) is 0 Å². The van der Waals surface area contributed by atoms with Crippen LogP contribution in [-0.2, 0) is 0 Å². The van der Waals surface area contributed by atoms with E-state index in [1.165, 1.54) is 0 Å². The van der Waals surface area contributed by atoms with Crippen molar-refractivity contribution in [2.45, 2.75) is 0 Å². The minimum atomic E-state index is 0.777. The number of nitrogens with zero attached hydrogens (tertiary/aromatic N) is 2. The topological polar surface area (TPSA) is 41.6 Å². The van der Waals surface area contributed by atoms with Gasteiger partial charge in [-0.2, -0.15) is 0 Å². The van der Waals surface area contributed by atoms with Gasteiger partial charge in [-0.05, 0) is 18.2 Å². The third-order valence-corrected chi connectivity index (χ3v) is 3.02. The Morgan fingerprint density at radius 3 is 2.14 bits per heavy atom. The number of aromatic nitrogens is 3. The normalized spacial score (nSPS) is 9.90. The molecule has 3 nitrogen and oxygen atoms in total. The number of H-pyrrole nitrogens is 1. The van der Waals surface area contributed by atoms with Gasteiger partial charge in [0.2, 0.25) is 0 Å². The van der Waals surface area contributed by atoms with Gasteiger partial charge in [0, 0.05) is 29.5 Å². The smallest absolute Gasteiger partial charge is 0.159 e. The second kappa shape index (κ2) is 6.48. The third kappa shape index (κ3) is 3.34. The summed E-state index contributed by atoms with van der Waals surface area (Å²) in [6.07, 6.45) is 5.62. The molecule has 4 rings (SSSR count). The SMILES string of the molecule is c1cc[nH]c1.c1ccc(-c2ncc3ccccc3n2)cc1. The van der Waals surface area contributed by atoms with E-state index < -0.39 is 0 Å². The molecule has 4 aromatic rings. The van der Waals surface area contributed by atoms with E-state index in [1.807, 2.05) is 85.3 Å². The first-order valence-corrected chi connectivity index (χ1v) is 6.78. The van der Waals surface area contributed by atoms with E-state index in [0.717, 1.165) is 22.3 Å². The summed E-state index contributed by atoms with van der Waals surface area (Å²) in [4.78, 5) is 11.8. The molecular weight excluding hydrogens is 258 g/mol. The van der Waals surface area contributed by atoms with Crippen LogP contribution in [0.25, 0.3) is 22.3 Å². The van der Waals surface area contributed by atoms with Crippen LogP contribution in [0.2, 0.25) is 0 Å². The molecule has 0 atom stereocenters. The Labute approximate surface area is 123 Å². The molecule has 2 heterocycles. The van der Waals surface area contributed by atoms with Gasteiger partial charge in [-0.25, -0.2) is 9.97 Å². The van der Waals surface area contributed by atoms with E-state index in [4.69, 9.17) is 0 Å². The van der Waals surface area contributed by atoms with Gasteiger partial charge in [0.1, 0.15) is 0 Å². The molecule has 0 spiro atoms.